The Morgan fingerprint density at radius 2 is 1.94 bits per heavy atom. The number of ether oxygens (including phenoxy) is 1. The number of aromatic nitrogens is 1. The quantitative estimate of drug-likeness (QED) is 0.517. The second-order valence-corrected chi connectivity index (χ2v) is 8.64. The second kappa shape index (κ2) is 10.1. The number of carbonyl (C=O) groups is 1. The molecule has 2 aromatic carbocycles. The number of likely N-dealkylation sites (N-methyl/N-ethyl adjacent to an activating group) is 1. The minimum atomic E-state index is 0.0109. The zero-order chi connectivity index (χ0) is 23.4. The fourth-order valence-electron chi connectivity index (χ4n) is 4.28. The minimum absolute atomic E-state index is 0.0109. The van der Waals surface area contributed by atoms with Crippen LogP contribution in [0, 0.1) is 5.92 Å². The molecule has 1 unspecified atom stereocenters. The lowest BCUT2D eigenvalue weighted by atomic mass is 10.1. The lowest BCUT2D eigenvalue weighted by Crippen LogP contribution is -2.30. The number of nitrogens with zero attached hydrogens (tertiary/aromatic N) is 3. The zero-order valence-corrected chi connectivity index (χ0v) is 19.9. The molecule has 1 amide bonds. The Morgan fingerprint density at radius 1 is 1.15 bits per heavy atom. The first-order valence-electron chi connectivity index (χ1n) is 11.5. The van der Waals surface area contributed by atoms with E-state index in [1.165, 1.54) is 0 Å². The molecule has 1 aromatic heterocycles. The second-order valence-electron chi connectivity index (χ2n) is 8.64. The molecule has 1 atom stereocenters. The van der Waals surface area contributed by atoms with Gasteiger partial charge in [-0.25, -0.2) is 4.98 Å². The summed E-state index contributed by atoms with van der Waals surface area (Å²) >= 11 is 0. The summed E-state index contributed by atoms with van der Waals surface area (Å²) in [4.78, 5) is 21.6. The molecule has 0 aliphatic carbocycles. The average Bonchev–Trinajstić information content (AvgIpc) is 3.33. The van der Waals surface area contributed by atoms with Crippen LogP contribution in [0.2, 0.25) is 0 Å². The Labute approximate surface area is 195 Å². The highest BCUT2D eigenvalue weighted by atomic mass is 16.5. The molecule has 7 nitrogen and oxygen atoms in total. The Bertz CT molecular complexity index is 1110. The number of pyridine rings is 1. The normalized spacial score (nSPS) is 15.6. The van der Waals surface area contributed by atoms with E-state index in [0.29, 0.717) is 13.2 Å². The van der Waals surface area contributed by atoms with Gasteiger partial charge in [0.05, 0.1) is 17.1 Å². The molecular formula is C26H33N5O2. The topological polar surface area (TPSA) is 69.7 Å². The zero-order valence-electron chi connectivity index (χ0n) is 19.9. The van der Waals surface area contributed by atoms with E-state index < -0.39 is 0 Å². The van der Waals surface area contributed by atoms with Crippen molar-refractivity contribution in [3.05, 3.63) is 48.5 Å². The summed E-state index contributed by atoms with van der Waals surface area (Å²) in [6.45, 7) is 3.00. The van der Waals surface area contributed by atoms with Crippen LogP contribution < -0.4 is 25.2 Å². The van der Waals surface area contributed by atoms with Crippen LogP contribution in [0.5, 0.6) is 5.75 Å². The third kappa shape index (κ3) is 5.03. The molecule has 0 spiro atoms. The summed E-state index contributed by atoms with van der Waals surface area (Å²) in [6.07, 6.45) is 0.854. The predicted molar refractivity (Wildman–Crippen MR) is 135 cm³/mol. The van der Waals surface area contributed by atoms with Gasteiger partial charge >= 0.3 is 0 Å². The molecule has 1 fully saturated rings. The third-order valence-electron chi connectivity index (χ3n) is 6.21. The van der Waals surface area contributed by atoms with Gasteiger partial charge in [-0.15, -0.1) is 0 Å². The van der Waals surface area contributed by atoms with Gasteiger partial charge in [0.1, 0.15) is 12.4 Å². The molecule has 2 N–H and O–H groups in total. The van der Waals surface area contributed by atoms with Gasteiger partial charge in [-0.05, 0) is 62.0 Å². The van der Waals surface area contributed by atoms with Crippen LogP contribution in [0.3, 0.4) is 0 Å². The summed E-state index contributed by atoms with van der Waals surface area (Å²) in [6, 6.07) is 16.6. The first kappa shape index (κ1) is 22.9. The summed E-state index contributed by atoms with van der Waals surface area (Å²) < 4.78 is 5.76. The van der Waals surface area contributed by atoms with Gasteiger partial charge < -0.3 is 25.2 Å². The van der Waals surface area contributed by atoms with Crippen molar-refractivity contribution in [1.29, 1.82) is 0 Å². The first-order valence-corrected chi connectivity index (χ1v) is 11.5. The largest absolute Gasteiger partial charge is 0.492 e. The van der Waals surface area contributed by atoms with Gasteiger partial charge in [-0.2, -0.15) is 0 Å². The number of benzene rings is 2. The molecule has 3 aromatic rings. The molecule has 1 aliphatic heterocycles. The Balaban J connectivity index is 1.71. The fourth-order valence-corrected chi connectivity index (χ4v) is 4.28. The molecule has 0 bridgehead atoms. The van der Waals surface area contributed by atoms with Crippen molar-refractivity contribution < 1.29 is 9.53 Å². The smallest absolute Gasteiger partial charge is 0.224 e. The molecule has 0 saturated carbocycles. The van der Waals surface area contributed by atoms with Crippen molar-refractivity contribution in [2.45, 2.75) is 6.42 Å². The molecule has 1 aliphatic rings. The number of carbonyl (C=O) groups excluding carboxylic acids is 1. The lowest BCUT2D eigenvalue weighted by Gasteiger charge is -2.22. The Morgan fingerprint density at radius 3 is 2.64 bits per heavy atom. The summed E-state index contributed by atoms with van der Waals surface area (Å²) in [7, 11) is 7.69. The summed E-state index contributed by atoms with van der Waals surface area (Å²) in [5, 5.41) is 6.99. The van der Waals surface area contributed by atoms with E-state index >= 15 is 0 Å². The van der Waals surface area contributed by atoms with Crippen LogP contribution >= 0.6 is 0 Å². The van der Waals surface area contributed by atoms with E-state index in [-0.39, 0.29) is 11.8 Å². The van der Waals surface area contributed by atoms with E-state index in [9.17, 15) is 4.79 Å². The number of amides is 1. The molecule has 7 heteroatoms. The van der Waals surface area contributed by atoms with Crippen LogP contribution in [0.4, 0.5) is 11.4 Å². The number of nitrogens with one attached hydrogen (secondary N) is 2. The van der Waals surface area contributed by atoms with E-state index in [2.05, 4.69) is 56.8 Å². The number of anilines is 2. The van der Waals surface area contributed by atoms with E-state index in [0.717, 1.165) is 58.8 Å². The molecule has 0 radical (unpaired) electrons. The maximum absolute atomic E-state index is 12.2. The van der Waals surface area contributed by atoms with Gasteiger partial charge in [0.2, 0.25) is 5.91 Å². The van der Waals surface area contributed by atoms with Crippen molar-refractivity contribution in [2.24, 2.45) is 5.92 Å². The van der Waals surface area contributed by atoms with Crippen LogP contribution in [-0.2, 0) is 4.79 Å². The maximum Gasteiger partial charge on any atom is 0.224 e. The van der Waals surface area contributed by atoms with Gasteiger partial charge in [0.15, 0.2) is 0 Å². The number of fused-ring (bicyclic) bond motifs is 1. The SMILES string of the molecule is CNCCOc1ccc(-c2cc(N3CCC(C(=O)NC)C3)c3ccc(N(C)C)cc3n2)cc1. The van der Waals surface area contributed by atoms with Crippen LogP contribution in [0.25, 0.3) is 22.2 Å². The average molecular weight is 448 g/mol. The van der Waals surface area contributed by atoms with E-state index in [1.807, 2.05) is 33.3 Å². The predicted octanol–water partition coefficient (Wildman–Crippen LogP) is 3.14. The third-order valence-corrected chi connectivity index (χ3v) is 6.21. The highest BCUT2D eigenvalue weighted by Gasteiger charge is 2.29. The fraction of sp³-hybridized carbons (Fsp3) is 0.385. The molecule has 174 valence electrons. The van der Waals surface area contributed by atoms with Crippen LogP contribution in [0.1, 0.15) is 6.42 Å². The Hall–Kier alpha value is -3.32. The van der Waals surface area contributed by atoms with Gasteiger partial charge in [0, 0.05) is 63.1 Å². The van der Waals surface area contributed by atoms with Gasteiger partial charge in [-0.3, -0.25) is 4.79 Å². The number of hydrogen-bond acceptors (Lipinski definition) is 6. The standard InChI is InChI=1S/C26H33N5O2/c1-27-12-14-33-21-8-5-18(6-9-21)23-16-25(31-13-11-19(17-31)26(32)28-2)22-10-7-20(30(3)4)15-24(22)29-23/h5-10,15-16,19,27H,11-14,17H2,1-4H3,(H,28,32). The first-order chi connectivity index (χ1) is 16.0. The van der Waals surface area contributed by atoms with E-state index in [1.54, 1.807) is 7.05 Å². The monoisotopic (exact) mass is 447 g/mol. The molecule has 2 heterocycles. The van der Waals surface area contributed by atoms with Crippen molar-refractivity contribution in [3.63, 3.8) is 0 Å². The van der Waals surface area contributed by atoms with Gasteiger partial charge in [0.25, 0.3) is 0 Å². The maximum atomic E-state index is 12.2. The van der Waals surface area contributed by atoms with Crippen molar-refractivity contribution in [1.82, 2.24) is 15.6 Å². The molecule has 33 heavy (non-hydrogen) atoms. The van der Waals surface area contributed by atoms with Crippen LogP contribution in [-0.4, -0.2) is 65.3 Å². The molecular weight excluding hydrogens is 414 g/mol. The summed E-state index contributed by atoms with van der Waals surface area (Å²) in [5.74, 6) is 0.967. The van der Waals surface area contributed by atoms with Crippen molar-refractivity contribution >= 4 is 28.2 Å². The highest BCUT2D eigenvalue weighted by molar-refractivity contribution is 5.96. The molecule has 1 saturated heterocycles. The number of hydrogen-bond donors (Lipinski definition) is 2. The summed E-state index contributed by atoms with van der Waals surface area (Å²) in [5.41, 5.74) is 5.14. The van der Waals surface area contributed by atoms with Crippen LogP contribution in [0.15, 0.2) is 48.5 Å². The Kier molecular flexibility index (Phi) is 6.99. The van der Waals surface area contributed by atoms with Crippen molar-refractivity contribution in [2.75, 3.05) is 64.2 Å². The highest BCUT2D eigenvalue weighted by Crippen LogP contribution is 2.35. The minimum Gasteiger partial charge on any atom is -0.492 e. The lowest BCUT2D eigenvalue weighted by molar-refractivity contribution is -0.123. The number of rotatable bonds is 8. The van der Waals surface area contributed by atoms with Crippen molar-refractivity contribution in [3.8, 4) is 17.0 Å². The van der Waals surface area contributed by atoms with Gasteiger partial charge in [-0.1, -0.05) is 0 Å². The molecule has 4 rings (SSSR count). The van der Waals surface area contributed by atoms with E-state index in [4.69, 9.17) is 9.72 Å².